The Labute approximate surface area is 108 Å². The second-order valence-corrected chi connectivity index (χ2v) is 3.63. The number of hydrogen-bond donors (Lipinski definition) is 2. The van der Waals surface area contributed by atoms with Crippen LogP contribution in [0.25, 0.3) is 0 Å². The lowest BCUT2D eigenvalue weighted by molar-refractivity contribution is 0.403. The Morgan fingerprint density at radius 2 is 2.05 bits per heavy atom. The van der Waals surface area contributed by atoms with Crippen molar-refractivity contribution in [2.45, 2.75) is 6.92 Å². The molecule has 0 radical (unpaired) electrons. The Morgan fingerprint density at radius 1 is 1.42 bits per heavy atom. The van der Waals surface area contributed by atoms with Crippen molar-refractivity contribution in [1.29, 1.82) is 0 Å². The lowest BCUT2D eigenvalue weighted by atomic mass is 10.2. The number of nitrogens with two attached hydrogens (primary N) is 1. The first kappa shape index (κ1) is 14.8. The maximum Gasteiger partial charge on any atom is 0.200 e. The number of benzene rings is 1. The van der Waals surface area contributed by atoms with Crippen LogP contribution in [0.15, 0.2) is 48.8 Å². The minimum atomic E-state index is -1.30. The highest BCUT2D eigenvalue weighted by Crippen LogP contribution is 2.27. The first-order chi connectivity index (χ1) is 8.90. The molecule has 6 heteroatoms. The topological polar surface area (TPSA) is 47.3 Å². The second-order valence-electron chi connectivity index (χ2n) is 3.63. The SMILES string of the molecule is C=C/C(Oc1cc(C)c(NN)c(F)c1)=C(/F)C(=C)F. The van der Waals surface area contributed by atoms with Crippen LogP contribution in [0, 0.1) is 12.7 Å². The van der Waals surface area contributed by atoms with E-state index in [1.807, 2.05) is 0 Å². The first-order valence-electron chi connectivity index (χ1n) is 5.22. The molecule has 0 heterocycles. The van der Waals surface area contributed by atoms with Crippen molar-refractivity contribution in [1.82, 2.24) is 0 Å². The summed E-state index contributed by atoms with van der Waals surface area (Å²) in [5.74, 6) is 1.36. The monoisotopic (exact) mass is 270 g/mol. The summed E-state index contributed by atoms with van der Waals surface area (Å²) in [6, 6.07) is 2.40. The van der Waals surface area contributed by atoms with Gasteiger partial charge in [0.15, 0.2) is 17.4 Å². The Morgan fingerprint density at radius 3 is 2.47 bits per heavy atom. The van der Waals surface area contributed by atoms with Crippen LogP contribution in [0.3, 0.4) is 0 Å². The first-order valence-corrected chi connectivity index (χ1v) is 5.22. The summed E-state index contributed by atoms with van der Waals surface area (Å²) in [6.07, 6.45) is 0.961. The summed E-state index contributed by atoms with van der Waals surface area (Å²) >= 11 is 0. The Kier molecular flexibility index (Phi) is 4.77. The molecule has 0 bridgehead atoms. The maximum atomic E-state index is 13.6. The molecule has 0 saturated heterocycles. The van der Waals surface area contributed by atoms with Gasteiger partial charge in [0.1, 0.15) is 5.75 Å². The molecule has 19 heavy (non-hydrogen) atoms. The van der Waals surface area contributed by atoms with Gasteiger partial charge in [-0.05, 0) is 24.6 Å². The van der Waals surface area contributed by atoms with Crippen LogP contribution in [-0.4, -0.2) is 0 Å². The van der Waals surface area contributed by atoms with E-state index in [9.17, 15) is 13.2 Å². The van der Waals surface area contributed by atoms with Crippen LogP contribution in [0.1, 0.15) is 5.56 Å². The molecule has 0 aromatic heterocycles. The lowest BCUT2D eigenvalue weighted by Crippen LogP contribution is -2.10. The van der Waals surface area contributed by atoms with Gasteiger partial charge in [0.2, 0.25) is 5.83 Å². The van der Waals surface area contributed by atoms with Crippen molar-refractivity contribution < 1.29 is 17.9 Å². The third-order valence-electron chi connectivity index (χ3n) is 2.27. The summed E-state index contributed by atoms with van der Waals surface area (Å²) in [7, 11) is 0. The van der Waals surface area contributed by atoms with E-state index < -0.39 is 23.2 Å². The van der Waals surface area contributed by atoms with Crippen LogP contribution in [-0.2, 0) is 0 Å². The van der Waals surface area contributed by atoms with E-state index in [0.717, 1.165) is 12.1 Å². The van der Waals surface area contributed by atoms with Gasteiger partial charge in [-0.2, -0.15) is 4.39 Å². The van der Waals surface area contributed by atoms with E-state index in [-0.39, 0.29) is 11.4 Å². The number of anilines is 1. The predicted octanol–water partition coefficient (Wildman–Crippen LogP) is 3.65. The summed E-state index contributed by atoms with van der Waals surface area (Å²) in [6.45, 7) is 7.66. The Hall–Kier alpha value is -2.21. The fourth-order valence-corrected chi connectivity index (χ4v) is 1.39. The molecule has 0 aliphatic carbocycles. The minimum absolute atomic E-state index is 0.0136. The maximum absolute atomic E-state index is 13.6. The average Bonchev–Trinajstić information content (AvgIpc) is 2.34. The third-order valence-corrected chi connectivity index (χ3v) is 2.27. The molecule has 0 saturated carbocycles. The van der Waals surface area contributed by atoms with Gasteiger partial charge in [-0.25, -0.2) is 8.78 Å². The number of halogens is 3. The van der Waals surface area contributed by atoms with Crippen LogP contribution in [0.5, 0.6) is 5.75 Å². The van der Waals surface area contributed by atoms with E-state index in [1.165, 1.54) is 6.07 Å². The highest BCUT2D eigenvalue weighted by atomic mass is 19.2. The largest absolute Gasteiger partial charge is 0.454 e. The van der Waals surface area contributed by atoms with E-state index in [0.29, 0.717) is 5.56 Å². The number of hydrogen-bond acceptors (Lipinski definition) is 3. The molecule has 0 atom stereocenters. The molecule has 1 rings (SSSR count). The van der Waals surface area contributed by atoms with Crippen molar-refractivity contribution in [2.24, 2.45) is 5.84 Å². The molecule has 0 aliphatic rings. The number of ether oxygens (including phenoxy) is 1. The lowest BCUT2D eigenvalue weighted by Gasteiger charge is -2.11. The van der Waals surface area contributed by atoms with Crippen molar-refractivity contribution in [3.05, 3.63) is 60.2 Å². The third kappa shape index (κ3) is 3.38. The molecule has 0 amide bonds. The van der Waals surface area contributed by atoms with Crippen molar-refractivity contribution in [2.75, 3.05) is 5.43 Å². The smallest absolute Gasteiger partial charge is 0.200 e. The standard InChI is InChI=1S/C13H13F3N2O/c1-4-11(12(16)8(3)14)19-9-5-7(2)13(18-17)10(15)6-9/h4-6,18H,1,3,17H2,2H3/b12-11-. The molecule has 1 aromatic rings. The fraction of sp³-hybridized carbons (Fsp3) is 0.0769. The zero-order chi connectivity index (χ0) is 14.6. The molecule has 102 valence electrons. The number of rotatable bonds is 5. The van der Waals surface area contributed by atoms with Gasteiger partial charge < -0.3 is 10.2 Å². The van der Waals surface area contributed by atoms with E-state index in [1.54, 1.807) is 6.92 Å². The van der Waals surface area contributed by atoms with E-state index in [2.05, 4.69) is 18.6 Å². The Bertz CT molecular complexity index is 530. The molecule has 3 nitrogen and oxygen atoms in total. The van der Waals surface area contributed by atoms with Gasteiger partial charge in [0, 0.05) is 6.07 Å². The van der Waals surface area contributed by atoms with Gasteiger partial charge >= 0.3 is 0 Å². The van der Waals surface area contributed by atoms with Crippen LogP contribution in [0.4, 0.5) is 18.9 Å². The molecule has 1 aromatic carbocycles. The zero-order valence-corrected chi connectivity index (χ0v) is 10.3. The summed E-state index contributed by atoms with van der Waals surface area (Å²) in [4.78, 5) is 0. The molecular formula is C13H13F3N2O. The number of nitrogens with one attached hydrogen (secondary N) is 1. The highest BCUT2D eigenvalue weighted by molar-refractivity contribution is 5.54. The molecule has 0 spiro atoms. The summed E-state index contributed by atoms with van der Waals surface area (Å²) in [5.41, 5.74) is 2.72. The van der Waals surface area contributed by atoms with Gasteiger partial charge in [0.25, 0.3) is 0 Å². The van der Waals surface area contributed by atoms with Gasteiger partial charge in [-0.3, -0.25) is 5.84 Å². The summed E-state index contributed by atoms with van der Waals surface area (Å²) < 4.78 is 44.6. The zero-order valence-electron chi connectivity index (χ0n) is 10.3. The molecule has 0 fully saturated rings. The van der Waals surface area contributed by atoms with Gasteiger partial charge in [-0.15, -0.1) is 0 Å². The van der Waals surface area contributed by atoms with E-state index >= 15 is 0 Å². The molecule has 3 N–H and O–H groups in total. The van der Waals surface area contributed by atoms with Crippen molar-refractivity contribution in [3.8, 4) is 5.75 Å². The second kappa shape index (κ2) is 6.10. The van der Waals surface area contributed by atoms with Crippen LogP contribution < -0.4 is 16.0 Å². The number of aryl methyl sites for hydroxylation is 1. The highest BCUT2D eigenvalue weighted by Gasteiger charge is 2.12. The van der Waals surface area contributed by atoms with E-state index in [4.69, 9.17) is 10.6 Å². The molecule has 0 unspecified atom stereocenters. The normalized spacial score (nSPS) is 11.6. The summed E-state index contributed by atoms with van der Waals surface area (Å²) in [5, 5.41) is 0. The number of nitrogen functional groups attached to an aromatic ring is 1. The number of hydrazine groups is 1. The molecular weight excluding hydrogens is 257 g/mol. The van der Waals surface area contributed by atoms with Gasteiger partial charge in [-0.1, -0.05) is 13.2 Å². The fourth-order valence-electron chi connectivity index (χ4n) is 1.39. The van der Waals surface area contributed by atoms with Crippen molar-refractivity contribution >= 4 is 5.69 Å². The van der Waals surface area contributed by atoms with Crippen LogP contribution in [0.2, 0.25) is 0 Å². The Balaban J connectivity index is 3.16. The quantitative estimate of drug-likeness (QED) is 0.371. The molecule has 0 aliphatic heterocycles. The van der Waals surface area contributed by atoms with Crippen LogP contribution >= 0.6 is 0 Å². The predicted molar refractivity (Wildman–Crippen MR) is 68.2 cm³/mol. The number of allylic oxidation sites excluding steroid dienone is 3. The minimum Gasteiger partial charge on any atom is -0.454 e. The van der Waals surface area contributed by atoms with Crippen molar-refractivity contribution in [3.63, 3.8) is 0 Å². The van der Waals surface area contributed by atoms with Gasteiger partial charge in [0.05, 0.1) is 5.69 Å². The average molecular weight is 270 g/mol.